The van der Waals surface area contributed by atoms with E-state index in [0.717, 1.165) is 12.8 Å². The molecule has 0 atom stereocenters. The molecule has 128 valence electrons. The summed E-state index contributed by atoms with van der Waals surface area (Å²) in [5, 5.41) is 22.2. The zero-order valence-electron chi connectivity index (χ0n) is 13.9. The third-order valence-electron chi connectivity index (χ3n) is 3.64. The van der Waals surface area contributed by atoms with E-state index in [0.29, 0.717) is 18.5 Å². The summed E-state index contributed by atoms with van der Waals surface area (Å²) in [5.41, 5.74) is -0.548. The first kappa shape index (κ1) is 19.0. The highest BCUT2D eigenvalue weighted by Crippen LogP contribution is 2.28. The summed E-state index contributed by atoms with van der Waals surface area (Å²) in [5.74, 6) is -1.12. The van der Waals surface area contributed by atoms with Crippen molar-refractivity contribution < 1.29 is 24.5 Å². The Balaban J connectivity index is 2.86. The molecular weight excluding hydrogens is 298 g/mol. The van der Waals surface area contributed by atoms with Crippen molar-refractivity contribution in [3.63, 3.8) is 0 Å². The molecule has 1 amide bonds. The lowest BCUT2D eigenvalue weighted by Crippen LogP contribution is -2.33. The van der Waals surface area contributed by atoms with Gasteiger partial charge in [0.1, 0.15) is 5.75 Å². The molecule has 0 aliphatic rings. The van der Waals surface area contributed by atoms with Gasteiger partial charge in [0.15, 0.2) is 0 Å². The van der Waals surface area contributed by atoms with Crippen LogP contribution in [0.3, 0.4) is 0 Å². The fraction of sp³-hybridized carbons (Fsp3) is 0.529. The summed E-state index contributed by atoms with van der Waals surface area (Å²) in [6.45, 7) is 3.93. The molecule has 0 aliphatic carbocycles. The van der Waals surface area contributed by atoms with Crippen LogP contribution in [0.5, 0.6) is 5.75 Å². The van der Waals surface area contributed by atoms with Gasteiger partial charge >= 0.3 is 5.97 Å². The maximum atomic E-state index is 12.2. The van der Waals surface area contributed by atoms with Crippen LogP contribution in [0.1, 0.15) is 56.3 Å². The smallest absolute Gasteiger partial charge is 0.335 e. The van der Waals surface area contributed by atoms with Crippen LogP contribution in [0.15, 0.2) is 18.2 Å². The van der Waals surface area contributed by atoms with Crippen LogP contribution in [0.2, 0.25) is 0 Å². The van der Waals surface area contributed by atoms with Crippen molar-refractivity contribution in [1.82, 2.24) is 0 Å². The number of benzene rings is 1. The number of rotatable bonds is 9. The molecule has 0 heterocycles. The van der Waals surface area contributed by atoms with Crippen LogP contribution in [0, 0.1) is 0 Å². The summed E-state index contributed by atoms with van der Waals surface area (Å²) in [6.07, 6.45) is 2.70. The molecule has 1 aromatic rings. The lowest BCUT2D eigenvalue weighted by atomic mass is 9.89. The number of methoxy groups -OCH3 is 1. The average molecular weight is 323 g/mol. The maximum Gasteiger partial charge on any atom is 0.335 e. The number of aliphatic hydroxyl groups is 1. The zero-order valence-corrected chi connectivity index (χ0v) is 13.9. The van der Waals surface area contributed by atoms with E-state index >= 15 is 0 Å². The molecule has 0 fully saturated rings. The van der Waals surface area contributed by atoms with Gasteiger partial charge in [-0.2, -0.15) is 0 Å². The van der Waals surface area contributed by atoms with Gasteiger partial charge in [-0.25, -0.2) is 4.79 Å². The molecule has 0 saturated carbocycles. The van der Waals surface area contributed by atoms with Gasteiger partial charge in [-0.1, -0.05) is 26.7 Å². The second-order valence-electron chi connectivity index (χ2n) is 5.67. The number of carbonyl (C=O) groups is 2. The fourth-order valence-corrected chi connectivity index (χ4v) is 2.65. The Kier molecular flexibility index (Phi) is 7.03. The fourth-order valence-electron chi connectivity index (χ4n) is 2.65. The quantitative estimate of drug-likeness (QED) is 0.649. The number of hydrogen-bond acceptors (Lipinski definition) is 4. The van der Waals surface area contributed by atoms with E-state index in [-0.39, 0.29) is 23.6 Å². The summed E-state index contributed by atoms with van der Waals surface area (Å²) in [6, 6.07) is 4.23. The predicted molar refractivity (Wildman–Crippen MR) is 88.0 cm³/mol. The van der Waals surface area contributed by atoms with E-state index in [9.17, 15) is 14.7 Å². The number of anilines is 1. The van der Waals surface area contributed by atoms with Crippen molar-refractivity contribution in [2.24, 2.45) is 0 Å². The van der Waals surface area contributed by atoms with Crippen molar-refractivity contribution in [3.05, 3.63) is 23.8 Å². The van der Waals surface area contributed by atoms with Crippen molar-refractivity contribution >= 4 is 17.6 Å². The molecule has 23 heavy (non-hydrogen) atoms. The highest BCUT2D eigenvalue weighted by atomic mass is 16.5. The van der Waals surface area contributed by atoms with E-state index < -0.39 is 11.6 Å². The van der Waals surface area contributed by atoms with Crippen LogP contribution in [0.4, 0.5) is 5.69 Å². The minimum atomic E-state index is -1.07. The Bertz CT molecular complexity index is 550. The molecule has 0 unspecified atom stereocenters. The lowest BCUT2D eigenvalue weighted by molar-refractivity contribution is -0.121. The zero-order chi connectivity index (χ0) is 17.5. The molecule has 0 aromatic heterocycles. The Morgan fingerprint density at radius 2 is 1.83 bits per heavy atom. The van der Waals surface area contributed by atoms with E-state index in [2.05, 4.69) is 5.32 Å². The van der Waals surface area contributed by atoms with E-state index in [1.807, 2.05) is 13.8 Å². The largest absolute Gasteiger partial charge is 0.495 e. The Morgan fingerprint density at radius 1 is 1.22 bits per heavy atom. The number of nitrogens with one attached hydrogen (secondary N) is 1. The molecule has 1 aromatic carbocycles. The first-order chi connectivity index (χ1) is 10.8. The molecule has 6 heteroatoms. The summed E-state index contributed by atoms with van der Waals surface area (Å²) in [7, 11) is 1.40. The third kappa shape index (κ3) is 5.56. The van der Waals surface area contributed by atoms with Crippen molar-refractivity contribution in [1.29, 1.82) is 0 Å². The average Bonchev–Trinajstić information content (AvgIpc) is 2.47. The second kappa shape index (κ2) is 8.53. The van der Waals surface area contributed by atoms with Gasteiger partial charge in [0.2, 0.25) is 5.91 Å². The third-order valence-corrected chi connectivity index (χ3v) is 3.64. The first-order valence-electron chi connectivity index (χ1n) is 7.78. The topological polar surface area (TPSA) is 95.9 Å². The van der Waals surface area contributed by atoms with Gasteiger partial charge in [-0.15, -0.1) is 0 Å². The summed E-state index contributed by atoms with van der Waals surface area (Å²) in [4.78, 5) is 23.2. The molecule has 3 N–H and O–H groups in total. The number of carbonyl (C=O) groups excluding carboxylic acids is 1. The Morgan fingerprint density at radius 3 is 2.30 bits per heavy atom. The van der Waals surface area contributed by atoms with Gasteiger partial charge in [0.25, 0.3) is 0 Å². The minimum absolute atomic E-state index is 0.00147. The van der Waals surface area contributed by atoms with Crippen molar-refractivity contribution in [2.45, 2.75) is 51.6 Å². The van der Waals surface area contributed by atoms with Crippen LogP contribution in [-0.2, 0) is 4.79 Å². The van der Waals surface area contributed by atoms with E-state index in [4.69, 9.17) is 9.84 Å². The van der Waals surface area contributed by atoms with Crippen LogP contribution in [-0.4, -0.2) is 34.8 Å². The lowest BCUT2D eigenvalue weighted by Gasteiger charge is -2.27. The number of carboxylic acid groups (broad SMARTS) is 1. The first-order valence-corrected chi connectivity index (χ1v) is 7.78. The predicted octanol–water partition coefficient (Wildman–Crippen LogP) is 3.05. The maximum absolute atomic E-state index is 12.2. The van der Waals surface area contributed by atoms with Gasteiger partial charge in [-0.3, -0.25) is 4.79 Å². The highest BCUT2D eigenvalue weighted by Gasteiger charge is 2.28. The summed E-state index contributed by atoms with van der Waals surface area (Å²) >= 11 is 0. The molecule has 6 nitrogen and oxygen atoms in total. The SMILES string of the molecule is CCCC(O)(CCC)CC(=O)Nc1ccc(C(=O)O)cc1OC. The molecule has 0 aliphatic heterocycles. The van der Waals surface area contributed by atoms with E-state index in [1.54, 1.807) is 0 Å². The van der Waals surface area contributed by atoms with Crippen LogP contribution < -0.4 is 10.1 Å². The Hall–Kier alpha value is -2.08. The van der Waals surface area contributed by atoms with Crippen molar-refractivity contribution in [2.75, 3.05) is 12.4 Å². The molecule has 0 spiro atoms. The highest BCUT2D eigenvalue weighted by molar-refractivity contribution is 5.95. The number of amides is 1. The van der Waals surface area contributed by atoms with Crippen molar-refractivity contribution in [3.8, 4) is 5.75 Å². The van der Waals surface area contributed by atoms with Gasteiger partial charge < -0.3 is 20.3 Å². The number of hydrogen-bond donors (Lipinski definition) is 3. The summed E-state index contributed by atoms with van der Waals surface area (Å²) < 4.78 is 5.12. The van der Waals surface area contributed by atoms with Gasteiger partial charge in [0.05, 0.1) is 30.4 Å². The minimum Gasteiger partial charge on any atom is -0.495 e. The number of ether oxygens (including phenoxy) is 1. The van der Waals surface area contributed by atoms with Crippen LogP contribution in [0.25, 0.3) is 0 Å². The molecule has 0 saturated heterocycles. The Labute approximate surface area is 136 Å². The molecular formula is C17H25NO5. The van der Waals surface area contributed by atoms with E-state index in [1.165, 1.54) is 25.3 Å². The molecule has 1 rings (SSSR count). The monoisotopic (exact) mass is 323 g/mol. The molecule has 0 radical (unpaired) electrons. The van der Waals surface area contributed by atoms with Gasteiger partial charge in [0, 0.05) is 0 Å². The molecule has 0 bridgehead atoms. The standard InChI is InChI=1S/C17H25NO5/c1-4-8-17(22,9-5-2)11-15(19)18-13-7-6-12(16(20)21)10-14(13)23-3/h6-7,10,22H,4-5,8-9,11H2,1-3H3,(H,18,19)(H,20,21). The van der Waals surface area contributed by atoms with Crippen LogP contribution >= 0.6 is 0 Å². The number of aromatic carboxylic acids is 1. The number of carboxylic acids is 1. The van der Waals surface area contributed by atoms with Gasteiger partial charge in [-0.05, 0) is 31.0 Å². The normalized spacial score (nSPS) is 11.1. The second-order valence-corrected chi connectivity index (χ2v) is 5.67.